The number of piperidine rings is 1. The van der Waals surface area contributed by atoms with E-state index in [0.717, 1.165) is 29.7 Å². The molecule has 7 heteroatoms. The molecule has 6 rings (SSSR count). The Morgan fingerprint density at radius 2 is 2.03 bits per heavy atom. The lowest BCUT2D eigenvalue weighted by Crippen LogP contribution is -2.78. The summed E-state index contributed by atoms with van der Waals surface area (Å²) in [6.07, 6.45) is 2.52. The topological polar surface area (TPSA) is 102 Å². The second kappa shape index (κ2) is 7.19. The second-order valence-electron chi connectivity index (χ2n) is 10.2. The van der Waals surface area contributed by atoms with Crippen molar-refractivity contribution < 1.29 is 24.9 Å². The number of carbonyl (C=O) groups is 1. The van der Waals surface area contributed by atoms with Crippen LogP contribution in [0.1, 0.15) is 36.0 Å². The van der Waals surface area contributed by atoms with Crippen LogP contribution in [-0.4, -0.2) is 69.6 Å². The van der Waals surface area contributed by atoms with E-state index in [2.05, 4.69) is 17.3 Å². The number of hydrogen-bond donors (Lipinski definition) is 4. The molecule has 1 saturated heterocycles. The number of phenols is 1. The van der Waals surface area contributed by atoms with Crippen molar-refractivity contribution in [3.8, 4) is 11.5 Å². The van der Waals surface area contributed by atoms with Crippen LogP contribution in [0.2, 0.25) is 0 Å². The largest absolute Gasteiger partial charge is 0.504 e. The summed E-state index contributed by atoms with van der Waals surface area (Å²) in [5.41, 5.74) is 1.38. The number of rotatable bonds is 5. The van der Waals surface area contributed by atoms with Gasteiger partial charge in [-0.1, -0.05) is 36.4 Å². The predicted molar refractivity (Wildman–Crippen MR) is 122 cm³/mol. The van der Waals surface area contributed by atoms with E-state index in [-0.39, 0.29) is 17.8 Å². The van der Waals surface area contributed by atoms with Crippen LogP contribution in [0.5, 0.6) is 11.5 Å². The maximum absolute atomic E-state index is 12.2. The molecule has 1 spiro atoms. The van der Waals surface area contributed by atoms with Crippen LogP contribution in [0.15, 0.2) is 42.5 Å². The summed E-state index contributed by atoms with van der Waals surface area (Å²) in [7, 11) is 2.07. The highest BCUT2D eigenvalue weighted by molar-refractivity contribution is 5.74. The molecule has 2 aliphatic carbocycles. The lowest BCUT2D eigenvalue weighted by molar-refractivity contribution is -0.187. The number of carboxylic acids is 1. The normalized spacial score (nSPS) is 34.9. The zero-order valence-corrected chi connectivity index (χ0v) is 18.7. The van der Waals surface area contributed by atoms with E-state index in [1.54, 1.807) is 6.07 Å². The molecule has 2 bridgehead atoms. The highest BCUT2D eigenvalue weighted by Gasteiger charge is 2.72. The Morgan fingerprint density at radius 3 is 2.79 bits per heavy atom. The van der Waals surface area contributed by atoms with Crippen LogP contribution in [0.25, 0.3) is 0 Å². The Bertz CT molecular complexity index is 1110. The Kier molecular flexibility index (Phi) is 4.57. The monoisotopic (exact) mass is 450 g/mol. The highest BCUT2D eigenvalue weighted by atomic mass is 16.5. The third-order valence-electron chi connectivity index (χ3n) is 8.73. The molecule has 7 nitrogen and oxygen atoms in total. The number of likely N-dealkylation sites (tertiary alicyclic amines) is 1. The van der Waals surface area contributed by atoms with Gasteiger partial charge in [0.05, 0.1) is 11.0 Å². The number of likely N-dealkylation sites (N-methyl/N-ethyl adjacent to an activating group) is 1. The molecule has 2 aliphatic heterocycles. The first-order valence-electron chi connectivity index (χ1n) is 11.8. The Labute approximate surface area is 193 Å². The van der Waals surface area contributed by atoms with Crippen LogP contribution >= 0.6 is 0 Å². The molecule has 2 heterocycles. The van der Waals surface area contributed by atoms with E-state index in [4.69, 9.17) is 4.74 Å². The molecule has 0 aromatic heterocycles. The van der Waals surface area contributed by atoms with Gasteiger partial charge in [0.15, 0.2) is 11.5 Å². The van der Waals surface area contributed by atoms with Gasteiger partial charge in [-0.15, -0.1) is 0 Å². The lowest BCUT2D eigenvalue weighted by atomic mass is 9.48. The minimum absolute atomic E-state index is 0.0270. The molecule has 174 valence electrons. The third kappa shape index (κ3) is 2.76. The fourth-order valence-electron chi connectivity index (χ4n) is 7.25. The summed E-state index contributed by atoms with van der Waals surface area (Å²) in [4.78, 5) is 14.4. The maximum atomic E-state index is 12.2. The number of benzene rings is 2. The van der Waals surface area contributed by atoms with Crippen molar-refractivity contribution in [3.05, 3.63) is 59.2 Å². The second-order valence-corrected chi connectivity index (χ2v) is 10.2. The van der Waals surface area contributed by atoms with Crippen LogP contribution < -0.4 is 10.1 Å². The quantitative estimate of drug-likeness (QED) is 0.551. The van der Waals surface area contributed by atoms with Gasteiger partial charge in [0.1, 0.15) is 12.1 Å². The van der Waals surface area contributed by atoms with Gasteiger partial charge in [-0.05, 0) is 62.9 Å². The summed E-state index contributed by atoms with van der Waals surface area (Å²) in [6.45, 7) is 0.820. The summed E-state index contributed by atoms with van der Waals surface area (Å²) in [6, 6.07) is 12.2. The molecule has 0 radical (unpaired) electrons. The molecular weight excluding hydrogens is 420 g/mol. The number of aromatic hydroxyl groups is 1. The van der Waals surface area contributed by atoms with Gasteiger partial charge in [0, 0.05) is 17.6 Å². The number of aliphatic carboxylic acids is 1. The fraction of sp³-hybridized carbons (Fsp3) is 0.500. The Morgan fingerprint density at radius 1 is 1.24 bits per heavy atom. The first-order valence-corrected chi connectivity index (χ1v) is 11.8. The van der Waals surface area contributed by atoms with Crippen molar-refractivity contribution in [1.82, 2.24) is 10.2 Å². The van der Waals surface area contributed by atoms with Crippen LogP contribution in [0.3, 0.4) is 0 Å². The van der Waals surface area contributed by atoms with E-state index < -0.39 is 29.1 Å². The zero-order chi connectivity index (χ0) is 23.0. The third-order valence-corrected chi connectivity index (χ3v) is 8.73. The smallest absolute Gasteiger partial charge is 0.321 e. The molecule has 4 N–H and O–H groups in total. The molecule has 6 atom stereocenters. The van der Waals surface area contributed by atoms with Crippen molar-refractivity contribution in [2.24, 2.45) is 0 Å². The van der Waals surface area contributed by atoms with Crippen molar-refractivity contribution in [1.29, 1.82) is 0 Å². The fourth-order valence-corrected chi connectivity index (χ4v) is 7.25. The molecule has 2 aromatic carbocycles. The number of hydrogen-bond acceptors (Lipinski definition) is 6. The van der Waals surface area contributed by atoms with Crippen molar-refractivity contribution >= 4 is 5.97 Å². The number of ether oxygens (including phenoxy) is 1. The number of carboxylic acid groups (broad SMARTS) is 1. The van der Waals surface area contributed by atoms with Crippen LogP contribution in [0, 0.1) is 0 Å². The van der Waals surface area contributed by atoms with Gasteiger partial charge in [0.2, 0.25) is 0 Å². The molecule has 2 aromatic rings. The molecular formula is C26H30N2O5. The van der Waals surface area contributed by atoms with Crippen molar-refractivity contribution in [2.75, 3.05) is 13.6 Å². The molecule has 4 aliphatic rings. The van der Waals surface area contributed by atoms with E-state index in [1.165, 1.54) is 0 Å². The molecule has 1 saturated carbocycles. The Hall–Kier alpha value is -2.61. The van der Waals surface area contributed by atoms with Gasteiger partial charge in [-0.25, -0.2) is 0 Å². The summed E-state index contributed by atoms with van der Waals surface area (Å²) in [5, 5.41) is 36.3. The predicted octanol–water partition coefficient (Wildman–Crippen LogP) is 1.83. The first kappa shape index (κ1) is 21.0. The van der Waals surface area contributed by atoms with E-state index in [0.29, 0.717) is 31.4 Å². The number of aliphatic hydroxyl groups is 1. The van der Waals surface area contributed by atoms with Gasteiger partial charge in [-0.2, -0.15) is 0 Å². The first-order chi connectivity index (χ1) is 15.8. The summed E-state index contributed by atoms with van der Waals surface area (Å²) < 4.78 is 6.47. The average molecular weight is 451 g/mol. The molecule has 33 heavy (non-hydrogen) atoms. The lowest BCUT2D eigenvalue weighted by Gasteiger charge is -2.63. The van der Waals surface area contributed by atoms with Crippen LogP contribution in [-0.2, 0) is 23.1 Å². The minimum Gasteiger partial charge on any atom is -0.504 e. The summed E-state index contributed by atoms with van der Waals surface area (Å²) in [5.74, 6) is -0.334. The average Bonchev–Trinajstić information content (AvgIpc) is 3.16. The molecule has 0 amide bonds. The van der Waals surface area contributed by atoms with Gasteiger partial charge in [-0.3, -0.25) is 10.1 Å². The van der Waals surface area contributed by atoms with E-state index in [9.17, 15) is 20.1 Å². The van der Waals surface area contributed by atoms with Crippen molar-refractivity contribution in [2.45, 2.75) is 67.3 Å². The number of nitrogens with one attached hydrogen (secondary N) is 1. The van der Waals surface area contributed by atoms with Crippen LogP contribution in [0.4, 0.5) is 0 Å². The molecule has 2 fully saturated rings. The maximum Gasteiger partial charge on any atom is 0.321 e. The minimum atomic E-state index is -0.979. The van der Waals surface area contributed by atoms with Crippen molar-refractivity contribution in [3.63, 3.8) is 0 Å². The van der Waals surface area contributed by atoms with Gasteiger partial charge >= 0.3 is 5.97 Å². The van der Waals surface area contributed by atoms with E-state index in [1.807, 2.05) is 36.4 Å². The number of nitrogens with zero attached hydrogens (tertiary/aromatic N) is 1. The summed E-state index contributed by atoms with van der Waals surface area (Å²) >= 11 is 0. The number of phenolic OH excluding ortho intramolecular Hbond substituents is 1. The van der Waals surface area contributed by atoms with Gasteiger partial charge in [0.25, 0.3) is 0 Å². The van der Waals surface area contributed by atoms with Gasteiger partial charge < -0.3 is 25.0 Å². The Balaban J connectivity index is 1.40. The van der Waals surface area contributed by atoms with E-state index >= 15 is 0 Å². The zero-order valence-electron chi connectivity index (χ0n) is 18.7. The highest BCUT2D eigenvalue weighted by Crippen LogP contribution is 2.65. The molecule has 2 unspecified atom stereocenters. The standard InChI is InChI=1S/C26H30N2O5/c1-28-12-11-25-21-16-7-8-19(29)22(21)33-23(25)17(9-10-26(25,32)20(28)14-16)27-18(24(30)31)13-15-5-3-2-4-6-15/h2-8,17-18,20,23,27,29,32H,9-14H2,1H3,(H,30,31)/t17-,18+,20?,23+,25?,26-/m1/s1. The SMILES string of the molecule is CN1CCC23c4c5ccc(O)c4O[C@H]2[C@H](N[C@@H](Cc2ccccc2)C(=O)O)CC[C@@]3(O)C1C5.